The van der Waals surface area contributed by atoms with E-state index in [1.807, 2.05) is 7.05 Å². The smallest absolute Gasteiger partial charge is 0.238 e. The van der Waals surface area contributed by atoms with Crippen LogP contribution in [0.2, 0.25) is 0 Å². The molecule has 0 bridgehead atoms. The van der Waals surface area contributed by atoms with Crippen molar-refractivity contribution in [2.75, 3.05) is 7.05 Å². The average molecular weight is 306 g/mol. The zero-order valence-corrected chi connectivity index (χ0v) is 14.0. The van der Waals surface area contributed by atoms with Crippen molar-refractivity contribution in [2.24, 2.45) is 5.92 Å². The zero-order chi connectivity index (χ0) is 15.9. The summed E-state index contributed by atoms with van der Waals surface area (Å²) < 4.78 is 0. The first kappa shape index (κ1) is 17.2. The van der Waals surface area contributed by atoms with Crippen LogP contribution in [0.1, 0.15) is 64.7 Å². The molecule has 0 unspecified atom stereocenters. The maximum atomic E-state index is 12.7. The molecular formula is C18H30N2O2. The third-order valence-corrected chi connectivity index (χ3v) is 5.10. The summed E-state index contributed by atoms with van der Waals surface area (Å²) in [5.74, 6) is 0.424. The fourth-order valence-corrected chi connectivity index (χ4v) is 3.86. The molecule has 124 valence electrons. The minimum Gasteiger partial charge on any atom is -0.341 e. The molecule has 2 aliphatic carbocycles. The molecule has 2 N–H and O–H groups in total. The van der Waals surface area contributed by atoms with Gasteiger partial charge >= 0.3 is 0 Å². The van der Waals surface area contributed by atoms with E-state index in [1.54, 1.807) is 6.92 Å². The molecule has 2 rings (SSSR count). The summed E-state index contributed by atoms with van der Waals surface area (Å²) >= 11 is 0. The number of amides is 1. The first-order valence-electron chi connectivity index (χ1n) is 8.80. The fourth-order valence-electron chi connectivity index (χ4n) is 3.86. The maximum absolute atomic E-state index is 12.7. The SMILES string of the molecule is CN[C@@H](C(=O)N[C@@H](C(C)=O)C1=CCCCC1)C1CCCCC1. The van der Waals surface area contributed by atoms with Crippen molar-refractivity contribution in [3.8, 4) is 0 Å². The molecule has 1 fully saturated rings. The van der Waals surface area contributed by atoms with E-state index in [-0.39, 0.29) is 17.7 Å². The van der Waals surface area contributed by atoms with Crippen LogP contribution in [0, 0.1) is 5.92 Å². The number of hydrogen-bond acceptors (Lipinski definition) is 3. The summed E-state index contributed by atoms with van der Waals surface area (Å²) in [7, 11) is 1.85. The Labute approximate surface area is 134 Å². The van der Waals surface area contributed by atoms with Gasteiger partial charge in [-0.25, -0.2) is 0 Å². The van der Waals surface area contributed by atoms with Crippen LogP contribution in [-0.4, -0.2) is 30.8 Å². The van der Waals surface area contributed by atoms with Crippen LogP contribution in [-0.2, 0) is 9.59 Å². The molecule has 0 aliphatic heterocycles. The zero-order valence-electron chi connectivity index (χ0n) is 14.0. The number of Topliss-reactive ketones (excluding diaryl/α,β-unsaturated/α-hetero) is 1. The van der Waals surface area contributed by atoms with E-state index in [9.17, 15) is 9.59 Å². The van der Waals surface area contributed by atoms with Crippen molar-refractivity contribution in [3.05, 3.63) is 11.6 Å². The van der Waals surface area contributed by atoms with E-state index in [0.29, 0.717) is 5.92 Å². The van der Waals surface area contributed by atoms with Crippen molar-refractivity contribution in [2.45, 2.75) is 76.8 Å². The number of ketones is 1. The lowest BCUT2D eigenvalue weighted by Crippen LogP contribution is -2.52. The second kappa shape index (κ2) is 8.47. The quantitative estimate of drug-likeness (QED) is 0.742. The van der Waals surface area contributed by atoms with E-state index < -0.39 is 6.04 Å². The third-order valence-electron chi connectivity index (χ3n) is 5.10. The van der Waals surface area contributed by atoms with Crippen LogP contribution in [0.4, 0.5) is 0 Å². The molecule has 0 aromatic carbocycles. The number of likely N-dealkylation sites (N-methyl/N-ethyl adjacent to an activating group) is 1. The Balaban J connectivity index is 2.02. The van der Waals surface area contributed by atoms with E-state index >= 15 is 0 Å². The summed E-state index contributed by atoms with van der Waals surface area (Å²) in [6.07, 6.45) is 12.3. The second-order valence-corrected chi connectivity index (χ2v) is 6.74. The van der Waals surface area contributed by atoms with Gasteiger partial charge in [-0.15, -0.1) is 0 Å². The fraction of sp³-hybridized carbons (Fsp3) is 0.778. The van der Waals surface area contributed by atoms with Crippen LogP contribution >= 0.6 is 0 Å². The van der Waals surface area contributed by atoms with Crippen molar-refractivity contribution in [1.82, 2.24) is 10.6 Å². The second-order valence-electron chi connectivity index (χ2n) is 6.74. The molecule has 2 aliphatic rings. The van der Waals surface area contributed by atoms with Crippen molar-refractivity contribution in [3.63, 3.8) is 0 Å². The molecule has 4 nitrogen and oxygen atoms in total. The Morgan fingerprint density at radius 1 is 1.14 bits per heavy atom. The molecule has 2 atom stereocenters. The van der Waals surface area contributed by atoms with E-state index in [1.165, 1.54) is 25.7 Å². The molecule has 0 saturated heterocycles. The molecule has 22 heavy (non-hydrogen) atoms. The normalized spacial score (nSPS) is 22.5. The predicted octanol–water partition coefficient (Wildman–Crippen LogP) is 2.73. The lowest BCUT2D eigenvalue weighted by molar-refractivity contribution is -0.128. The molecular weight excluding hydrogens is 276 g/mol. The molecule has 0 aromatic heterocycles. The van der Waals surface area contributed by atoms with E-state index in [0.717, 1.165) is 37.7 Å². The van der Waals surface area contributed by atoms with Gasteiger partial charge in [-0.05, 0) is 64.0 Å². The Bertz CT molecular complexity index is 425. The Morgan fingerprint density at radius 2 is 1.86 bits per heavy atom. The van der Waals surface area contributed by atoms with Gasteiger partial charge < -0.3 is 10.6 Å². The lowest BCUT2D eigenvalue weighted by Gasteiger charge is -2.31. The van der Waals surface area contributed by atoms with Gasteiger partial charge in [0.25, 0.3) is 0 Å². The summed E-state index contributed by atoms with van der Waals surface area (Å²) in [4.78, 5) is 24.7. The van der Waals surface area contributed by atoms with Gasteiger partial charge in [0.2, 0.25) is 5.91 Å². The van der Waals surface area contributed by atoms with Crippen LogP contribution in [0.3, 0.4) is 0 Å². The highest BCUT2D eigenvalue weighted by atomic mass is 16.2. The highest BCUT2D eigenvalue weighted by molar-refractivity contribution is 5.92. The van der Waals surface area contributed by atoms with E-state index in [2.05, 4.69) is 16.7 Å². The highest BCUT2D eigenvalue weighted by Gasteiger charge is 2.31. The van der Waals surface area contributed by atoms with Gasteiger partial charge in [0.1, 0.15) is 6.04 Å². The highest BCUT2D eigenvalue weighted by Crippen LogP contribution is 2.27. The van der Waals surface area contributed by atoms with Gasteiger partial charge in [0.15, 0.2) is 5.78 Å². The topological polar surface area (TPSA) is 58.2 Å². The number of carbonyl (C=O) groups is 2. The Hall–Kier alpha value is -1.16. The van der Waals surface area contributed by atoms with Crippen LogP contribution in [0.25, 0.3) is 0 Å². The van der Waals surface area contributed by atoms with Gasteiger partial charge in [0, 0.05) is 0 Å². The van der Waals surface area contributed by atoms with Gasteiger partial charge in [-0.1, -0.05) is 25.3 Å². The first-order chi connectivity index (χ1) is 10.6. The summed E-state index contributed by atoms with van der Waals surface area (Å²) in [6, 6.07) is -0.599. The number of rotatable bonds is 6. The monoisotopic (exact) mass is 306 g/mol. The lowest BCUT2D eigenvalue weighted by atomic mass is 9.83. The largest absolute Gasteiger partial charge is 0.341 e. The molecule has 0 spiro atoms. The number of carbonyl (C=O) groups excluding carboxylic acids is 2. The van der Waals surface area contributed by atoms with Crippen molar-refractivity contribution < 1.29 is 9.59 Å². The Kier molecular flexibility index (Phi) is 6.62. The average Bonchev–Trinajstić information content (AvgIpc) is 2.55. The molecule has 1 amide bonds. The number of nitrogens with one attached hydrogen (secondary N) is 2. The summed E-state index contributed by atoms with van der Waals surface area (Å²) in [5, 5.41) is 6.19. The van der Waals surface area contributed by atoms with Gasteiger partial charge in [-0.2, -0.15) is 0 Å². The number of hydrogen-bond donors (Lipinski definition) is 2. The van der Waals surface area contributed by atoms with Crippen LogP contribution < -0.4 is 10.6 Å². The van der Waals surface area contributed by atoms with Crippen LogP contribution in [0.15, 0.2) is 11.6 Å². The number of allylic oxidation sites excluding steroid dienone is 1. The molecule has 4 heteroatoms. The van der Waals surface area contributed by atoms with E-state index in [4.69, 9.17) is 0 Å². The minimum atomic E-state index is -0.424. The third kappa shape index (κ3) is 4.42. The minimum absolute atomic E-state index is 0.0129. The van der Waals surface area contributed by atoms with Crippen molar-refractivity contribution >= 4 is 11.7 Å². The molecule has 0 aromatic rings. The van der Waals surface area contributed by atoms with Gasteiger partial charge in [0.05, 0.1) is 6.04 Å². The predicted molar refractivity (Wildman–Crippen MR) is 88.6 cm³/mol. The van der Waals surface area contributed by atoms with Gasteiger partial charge in [-0.3, -0.25) is 9.59 Å². The van der Waals surface area contributed by atoms with Crippen molar-refractivity contribution in [1.29, 1.82) is 0 Å². The summed E-state index contributed by atoms with van der Waals surface area (Å²) in [5.41, 5.74) is 1.10. The van der Waals surface area contributed by atoms with Crippen LogP contribution in [0.5, 0.6) is 0 Å². The maximum Gasteiger partial charge on any atom is 0.238 e. The first-order valence-corrected chi connectivity index (χ1v) is 8.80. The standard InChI is InChI=1S/C18H30N2O2/c1-13(21)16(14-9-5-3-6-10-14)20-18(22)17(19-2)15-11-7-4-8-12-15/h9,15-17,19H,3-8,10-12H2,1-2H3,(H,20,22)/t16-,17+/m0/s1. The Morgan fingerprint density at radius 3 is 2.41 bits per heavy atom. The molecule has 0 radical (unpaired) electrons. The molecule has 0 heterocycles. The molecule has 1 saturated carbocycles. The summed E-state index contributed by atoms with van der Waals surface area (Å²) in [6.45, 7) is 1.58.